The Balaban J connectivity index is 1.82. The van der Waals surface area contributed by atoms with Crippen LogP contribution in [0.3, 0.4) is 0 Å². The van der Waals surface area contributed by atoms with Crippen LogP contribution < -0.4 is 16.4 Å². The summed E-state index contributed by atoms with van der Waals surface area (Å²) in [4.78, 5) is 18.6. The Morgan fingerprint density at radius 2 is 2.00 bits per heavy atom. The number of nitrogens with zero attached hydrogens (tertiary/aromatic N) is 2. The largest absolute Gasteiger partial charge is 0.397 e. The summed E-state index contributed by atoms with van der Waals surface area (Å²) < 4.78 is 0.896. The van der Waals surface area contributed by atoms with Crippen molar-refractivity contribution in [2.75, 3.05) is 17.2 Å². The number of carbonyl (C=O) groups excluding carboxylic acids is 1. The van der Waals surface area contributed by atoms with E-state index in [0.717, 1.165) is 35.3 Å². The van der Waals surface area contributed by atoms with E-state index in [1.165, 1.54) is 22.5 Å². The number of anilines is 2. The number of rotatable bonds is 2. The summed E-state index contributed by atoms with van der Waals surface area (Å²) in [5, 5.41) is 0.887. The van der Waals surface area contributed by atoms with Crippen LogP contribution in [0.1, 0.15) is 20.8 Å². The highest BCUT2D eigenvalue weighted by molar-refractivity contribution is 7.21. The molecule has 3 aromatic rings. The van der Waals surface area contributed by atoms with Crippen molar-refractivity contribution in [2.45, 2.75) is 13.0 Å². The molecule has 116 valence electrons. The summed E-state index contributed by atoms with van der Waals surface area (Å²) in [6.45, 7) is 1.72. The molecule has 0 radical (unpaired) electrons. The number of thiophene rings is 1. The molecule has 1 aliphatic rings. The first kappa shape index (κ1) is 14.0. The second-order valence-electron chi connectivity index (χ2n) is 5.68. The van der Waals surface area contributed by atoms with E-state index in [4.69, 9.17) is 11.5 Å². The number of amides is 1. The molecule has 0 aliphatic carbocycles. The first-order chi connectivity index (χ1) is 11.1. The molecule has 4 N–H and O–H groups in total. The predicted molar refractivity (Wildman–Crippen MR) is 93.7 cm³/mol. The summed E-state index contributed by atoms with van der Waals surface area (Å²) in [7, 11) is 0. The van der Waals surface area contributed by atoms with Crippen molar-refractivity contribution in [3.8, 4) is 0 Å². The fraction of sp³-hybridized carbons (Fsp3) is 0.176. The highest BCUT2D eigenvalue weighted by Gasteiger charge is 2.22. The zero-order valence-electron chi connectivity index (χ0n) is 12.5. The summed E-state index contributed by atoms with van der Waals surface area (Å²) in [6.07, 6.45) is 4.55. The summed E-state index contributed by atoms with van der Waals surface area (Å²) in [5.41, 5.74) is 15.8. The first-order valence-electron chi connectivity index (χ1n) is 7.42. The molecule has 1 aliphatic heterocycles. The van der Waals surface area contributed by atoms with Crippen molar-refractivity contribution >= 4 is 38.7 Å². The fourth-order valence-electron chi connectivity index (χ4n) is 3.18. The monoisotopic (exact) mass is 324 g/mol. The van der Waals surface area contributed by atoms with Crippen molar-refractivity contribution in [1.82, 2.24) is 4.98 Å². The molecule has 0 spiro atoms. The molecule has 0 saturated heterocycles. The molecule has 2 aromatic heterocycles. The van der Waals surface area contributed by atoms with E-state index in [0.29, 0.717) is 10.6 Å². The van der Waals surface area contributed by atoms with Gasteiger partial charge < -0.3 is 16.4 Å². The van der Waals surface area contributed by atoms with E-state index >= 15 is 0 Å². The molecular weight excluding hydrogens is 308 g/mol. The highest BCUT2D eigenvalue weighted by Crippen LogP contribution is 2.40. The quantitative estimate of drug-likeness (QED) is 0.758. The van der Waals surface area contributed by atoms with Crippen LogP contribution in [0.5, 0.6) is 0 Å². The van der Waals surface area contributed by atoms with Crippen LogP contribution in [-0.4, -0.2) is 17.4 Å². The van der Waals surface area contributed by atoms with Crippen molar-refractivity contribution in [2.24, 2.45) is 5.73 Å². The number of carbonyl (C=O) groups is 1. The Morgan fingerprint density at radius 3 is 2.78 bits per heavy atom. The van der Waals surface area contributed by atoms with E-state index < -0.39 is 5.91 Å². The van der Waals surface area contributed by atoms with Crippen LogP contribution in [0.25, 0.3) is 10.1 Å². The van der Waals surface area contributed by atoms with Gasteiger partial charge in [0.05, 0.1) is 22.3 Å². The molecule has 0 unspecified atom stereocenters. The number of primary amides is 1. The van der Waals surface area contributed by atoms with Crippen LogP contribution in [0, 0.1) is 0 Å². The van der Waals surface area contributed by atoms with Gasteiger partial charge in [-0.2, -0.15) is 0 Å². The zero-order valence-corrected chi connectivity index (χ0v) is 13.3. The van der Waals surface area contributed by atoms with Gasteiger partial charge in [0.15, 0.2) is 0 Å². The maximum absolute atomic E-state index is 11.6. The summed E-state index contributed by atoms with van der Waals surface area (Å²) in [6, 6.07) is 8.47. The minimum Gasteiger partial charge on any atom is -0.397 e. The molecule has 3 heterocycles. The van der Waals surface area contributed by atoms with Gasteiger partial charge in [-0.05, 0) is 17.5 Å². The minimum atomic E-state index is -0.487. The van der Waals surface area contributed by atoms with Crippen LogP contribution in [0.2, 0.25) is 0 Å². The maximum atomic E-state index is 11.6. The molecule has 1 aromatic carbocycles. The third-order valence-electron chi connectivity index (χ3n) is 4.31. The normalized spacial score (nSPS) is 14.0. The Hall–Kier alpha value is -2.60. The average molecular weight is 324 g/mol. The van der Waals surface area contributed by atoms with Crippen LogP contribution in [0.15, 0.2) is 36.7 Å². The third kappa shape index (κ3) is 2.22. The van der Waals surface area contributed by atoms with Crippen molar-refractivity contribution in [1.29, 1.82) is 0 Å². The Labute approximate surface area is 137 Å². The van der Waals surface area contributed by atoms with Gasteiger partial charge in [-0.1, -0.05) is 24.3 Å². The van der Waals surface area contributed by atoms with Gasteiger partial charge in [0.25, 0.3) is 5.91 Å². The molecule has 0 fully saturated rings. The molecule has 6 heteroatoms. The van der Waals surface area contributed by atoms with Crippen molar-refractivity contribution in [3.63, 3.8) is 0 Å². The van der Waals surface area contributed by atoms with Gasteiger partial charge in [0.2, 0.25) is 0 Å². The molecule has 4 rings (SSSR count). The number of nitrogens with two attached hydrogens (primary N) is 2. The van der Waals surface area contributed by atoms with Gasteiger partial charge in [0.1, 0.15) is 4.88 Å². The number of hydrogen-bond donors (Lipinski definition) is 2. The molecule has 0 bridgehead atoms. The summed E-state index contributed by atoms with van der Waals surface area (Å²) in [5.74, 6) is -0.487. The lowest BCUT2D eigenvalue weighted by Crippen LogP contribution is -2.30. The standard InChI is InChI=1S/C17H16N4OS/c18-15-14-12(7-20-8-13(14)23-16(15)17(19)22)21-6-5-10-3-1-2-4-11(10)9-21/h1-4,7-8H,5-6,9,18H2,(H2,19,22). The number of benzene rings is 1. The molecule has 1 amide bonds. The van der Waals surface area contributed by atoms with Crippen LogP contribution in [0.4, 0.5) is 11.4 Å². The number of aromatic nitrogens is 1. The lowest BCUT2D eigenvalue weighted by molar-refractivity contribution is 0.100. The molecular formula is C17H16N4OS. The SMILES string of the molecule is NC(=O)c1sc2cncc(N3CCc4ccccc4C3)c2c1N. The van der Waals surface area contributed by atoms with Crippen LogP contribution >= 0.6 is 11.3 Å². The second kappa shape index (κ2) is 5.24. The fourth-order valence-corrected chi connectivity index (χ4v) is 4.14. The van der Waals surface area contributed by atoms with Crippen LogP contribution in [-0.2, 0) is 13.0 Å². The lowest BCUT2D eigenvalue weighted by atomic mass is 9.99. The Morgan fingerprint density at radius 1 is 1.22 bits per heavy atom. The van der Waals surface area contributed by atoms with E-state index in [1.54, 1.807) is 6.20 Å². The number of fused-ring (bicyclic) bond motifs is 2. The first-order valence-corrected chi connectivity index (χ1v) is 8.24. The number of hydrogen-bond acceptors (Lipinski definition) is 5. The number of nitrogen functional groups attached to an aromatic ring is 1. The highest BCUT2D eigenvalue weighted by atomic mass is 32.1. The van der Waals surface area contributed by atoms with E-state index in [-0.39, 0.29) is 0 Å². The van der Waals surface area contributed by atoms with Crippen molar-refractivity contribution in [3.05, 3.63) is 52.7 Å². The van der Waals surface area contributed by atoms with E-state index in [1.807, 2.05) is 6.20 Å². The molecule has 5 nitrogen and oxygen atoms in total. The van der Waals surface area contributed by atoms with Gasteiger partial charge in [-0.3, -0.25) is 9.78 Å². The molecule has 0 saturated carbocycles. The van der Waals surface area contributed by atoms with Gasteiger partial charge in [-0.15, -0.1) is 11.3 Å². The third-order valence-corrected chi connectivity index (χ3v) is 5.47. The average Bonchev–Trinajstić information content (AvgIpc) is 2.92. The van der Waals surface area contributed by atoms with Crippen molar-refractivity contribution < 1.29 is 4.79 Å². The lowest BCUT2D eigenvalue weighted by Gasteiger charge is -2.31. The zero-order chi connectivity index (χ0) is 16.0. The predicted octanol–water partition coefficient (Wildman–Crippen LogP) is 2.54. The van der Waals surface area contributed by atoms with Gasteiger partial charge >= 0.3 is 0 Å². The minimum absolute atomic E-state index is 0.409. The maximum Gasteiger partial charge on any atom is 0.260 e. The topological polar surface area (TPSA) is 85.2 Å². The Bertz CT molecular complexity index is 918. The summed E-state index contributed by atoms with van der Waals surface area (Å²) >= 11 is 1.31. The van der Waals surface area contributed by atoms with Gasteiger partial charge in [0, 0.05) is 24.7 Å². The molecule has 0 atom stereocenters. The van der Waals surface area contributed by atoms with E-state index in [9.17, 15) is 4.79 Å². The van der Waals surface area contributed by atoms with E-state index in [2.05, 4.69) is 34.1 Å². The number of pyridine rings is 1. The molecule has 23 heavy (non-hydrogen) atoms. The van der Waals surface area contributed by atoms with Gasteiger partial charge in [-0.25, -0.2) is 0 Å². The Kier molecular flexibility index (Phi) is 3.20. The smallest absolute Gasteiger partial charge is 0.260 e. The second-order valence-corrected chi connectivity index (χ2v) is 6.73.